The number of carbonyl (C=O) groups excluding carboxylic acids is 1. The number of amides is 1. The number of aryl methyl sites for hydroxylation is 1. The van der Waals surface area contributed by atoms with Crippen molar-refractivity contribution in [2.24, 2.45) is 0 Å². The van der Waals surface area contributed by atoms with Crippen LogP contribution in [-0.4, -0.2) is 20.9 Å². The van der Waals surface area contributed by atoms with Gasteiger partial charge in [-0.05, 0) is 48.7 Å². The van der Waals surface area contributed by atoms with E-state index in [0.717, 1.165) is 19.3 Å². The minimum atomic E-state index is -3.77. The highest BCUT2D eigenvalue weighted by atomic mass is 32.2. The molecule has 6 heteroatoms. The molecule has 2 N–H and O–H groups in total. The van der Waals surface area contributed by atoms with Crippen LogP contribution in [0.3, 0.4) is 0 Å². The van der Waals surface area contributed by atoms with Crippen molar-refractivity contribution in [1.29, 1.82) is 0 Å². The smallest absolute Gasteiger partial charge is 0.261 e. The molecule has 0 saturated heterocycles. The molecule has 0 saturated carbocycles. The van der Waals surface area contributed by atoms with Gasteiger partial charge in [-0.3, -0.25) is 9.52 Å². The first-order valence-corrected chi connectivity index (χ1v) is 10.1. The quantitative estimate of drug-likeness (QED) is 0.658. The fourth-order valence-corrected chi connectivity index (χ4v) is 3.51. The Labute approximate surface area is 155 Å². The van der Waals surface area contributed by atoms with Gasteiger partial charge in [0, 0.05) is 17.8 Å². The normalized spacial score (nSPS) is 11.0. The summed E-state index contributed by atoms with van der Waals surface area (Å²) in [4.78, 5) is 12.0. The zero-order chi connectivity index (χ0) is 19.0. The molecule has 2 rings (SSSR count). The van der Waals surface area contributed by atoms with Gasteiger partial charge in [-0.1, -0.05) is 37.6 Å². The number of hydrogen-bond donors (Lipinski definition) is 2. The minimum absolute atomic E-state index is 0.0406. The van der Waals surface area contributed by atoms with Crippen molar-refractivity contribution in [3.05, 3.63) is 72.3 Å². The lowest BCUT2D eigenvalue weighted by atomic mass is 10.1. The van der Waals surface area contributed by atoms with Crippen molar-refractivity contribution in [1.82, 2.24) is 5.32 Å². The van der Waals surface area contributed by atoms with E-state index in [2.05, 4.69) is 23.5 Å². The number of hydrogen-bond acceptors (Lipinski definition) is 3. The molecule has 26 heavy (non-hydrogen) atoms. The van der Waals surface area contributed by atoms with E-state index in [0.29, 0.717) is 12.2 Å². The third-order valence-corrected chi connectivity index (χ3v) is 5.22. The van der Waals surface area contributed by atoms with E-state index >= 15 is 0 Å². The Morgan fingerprint density at radius 1 is 1.15 bits per heavy atom. The van der Waals surface area contributed by atoms with E-state index in [-0.39, 0.29) is 16.4 Å². The Morgan fingerprint density at radius 3 is 2.54 bits per heavy atom. The van der Waals surface area contributed by atoms with Gasteiger partial charge in [0.2, 0.25) is 0 Å². The van der Waals surface area contributed by atoms with Gasteiger partial charge < -0.3 is 5.32 Å². The van der Waals surface area contributed by atoms with E-state index in [1.165, 1.54) is 17.7 Å². The van der Waals surface area contributed by atoms with Gasteiger partial charge in [0.05, 0.1) is 4.90 Å². The molecule has 0 aliphatic rings. The molecule has 138 valence electrons. The van der Waals surface area contributed by atoms with E-state index in [4.69, 9.17) is 0 Å². The van der Waals surface area contributed by atoms with Gasteiger partial charge in [0.1, 0.15) is 0 Å². The third kappa shape index (κ3) is 5.46. The van der Waals surface area contributed by atoms with Crippen LogP contribution < -0.4 is 10.0 Å². The first kappa shape index (κ1) is 19.7. The standard InChI is InChI=1S/C20H24N2O3S/c1-3-5-7-16-10-12-18(13-11-16)22-26(24,25)19-9-6-8-17(15-19)20(23)21-14-4-2/h4,6,8-13,15,22H,2-3,5,7,14H2,1H3,(H,21,23). The lowest BCUT2D eigenvalue weighted by Gasteiger charge is -2.10. The van der Waals surface area contributed by atoms with Crippen LogP contribution in [0.1, 0.15) is 35.7 Å². The number of unbranched alkanes of at least 4 members (excludes halogenated alkanes) is 1. The molecule has 1 amide bonds. The number of sulfonamides is 1. The highest BCUT2D eigenvalue weighted by Crippen LogP contribution is 2.18. The van der Waals surface area contributed by atoms with Crippen molar-refractivity contribution < 1.29 is 13.2 Å². The summed E-state index contributed by atoms with van der Waals surface area (Å²) in [5.74, 6) is -0.345. The number of benzene rings is 2. The SMILES string of the molecule is C=CCNC(=O)c1cccc(S(=O)(=O)Nc2ccc(CCCC)cc2)c1. The molecule has 0 spiro atoms. The van der Waals surface area contributed by atoms with Gasteiger partial charge in [-0.2, -0.15) is 0 Å². The van der Waals surface area contributed by atoms with Crippen LogP contribution in [0.5, 0.6) is 0 Å². The predicted octanol–water partition coefficient (Wildman–Crippen LogP) is 3.75. The molecule has 2 aromatic rings. The van der Waals surface area contributed by atoms with Crippen LogP contribution >= 0.6 is 0 Å². The molecule has 0 heterocycles. The zero-order valence-corrected chi connectivity index (χ0v) is 15.7. The summed E-state index contributed by atoms with van der Waals surface area (Å²) in [6.07, 6.45) is 4.76. The van der Waals surface area contributed by atoms with E-state index < -0.39 is 10.0 Å². The Balaban J connectivity index is 2.14. The largest absolute Gasteiger partial charge is 0.349 e. The summed E-state index contributed by atoms with van der Waals surface area (Å²) in [6.45, 7) is 5.98. The molecule has 0 unspecified atom stereocenters. The van der Waals surface area contributed by atoms with Crippen LogP contribution in [0.25, 0.3) is 0 Å². The second-order valence-electron chi connectivity index (χ2n) is 5.93. The first-order chi connectivity index (χ1) is 12.5. The summed E-state index contributed by atoms with van der Waals surface area (Å²) in [5.41, 5.74) is 1.95. The predicted molar refractivity (Wildman–Crippen MR) is 105 cm³/mol. The Kier molecular flexibility index (Phi) is 6.97. The first-order valence-electron chi connectivity index (χ1n) is 8.57. The maximum absolute atomic E-state index is 12.6. The number of rotatable bonds is 9. The van der Waals surface area contributed by atoms with Crippen molar-refractivity contribution in [3.8, 4) is 0 Å². The average molecular weight is 372 g/mol. The molecule has 0 aliphatic heterocycles. The Bertz CT molecular complexity index is 859. The fourth-order valence-electron chi connectivity index (χ4n) is 2.41. The lowest BCUT2D eigenvalue weighted by molar-refractivity contribution is 0.0958. The highest BCUT2D eigenvalue weighted by molar-refractivity contribution is 7.92. The topological polar surface area (TPSA) is 75.3 Å². The summed E-state index contributed by atoms with van der Waals surface area (Å²) in [7, 11) is -3.77. The molecule has 0 aliphatic carbocycles. The third-order valence-electron chi connectivity index (χ3n) is 3.84. The van der Waals surface area contributed by atoms with Crippen LogP contribution in [0, 0.1) is 0 Å². The fraction of sp³-hybridized carbons (Fsp3) is 0.250. The second-order valence-corrected chi connectivity index (χ2v) is 7.61. The van der Waals surface area contributed by atoms with E-state index in [9.17, 15) is 13.2 Å². The Hall–Kier alpha value is -2.60. The molecule has 5 nitrogen and oxygen atoms in total. The minimum Gasteiger partial charge on any atom is -0.349 e. The van der Waals surface area contributed by atoms with Crippen LogP contribution in [0.4, 0.5) is 5.69 Å². The molecule has 0 atom stereocenters. The summed E-state index contributed by atoms with van der Waals surface area (Å²) in [6, 6.07) is 13.3. The zero-order valence-electron chi connectivity index (χ0n) is 14.9. The van der Waals surface area contributed by atoms with Crippen LogP contribution in [0.15, 0.2) is 66.1 Å². The monoisotopic (exact) mass is 372 g/mol. The average Bonchev–Trinajstić information content (AvgIpc) is 2.65. The molecular formula is C20H24N2O3S. The summed E-state index contributed by atoms with van der Waals surface area (Å²) >= 11 is 0. The summed E-state index contributed by atoms with van der Waals surface area (Å²) in [5, 5.41) is 2.63. The van der Waals surface area contributed by atoms with E-state index in [1.807, 2.05) is 12.1 Å². The van der Waals surface area contributed by atoms with Crippen LogP contribution in [-0.2, 0) is 16.4 Å². The van der Waals surface area contributed by atoms with Crippen LogP contribution in [0.2, 0.25) is 0 Å². The maximum atomic E-state index is 12.6. The molecular weight excluding hydrogens is 348 g/mol. The molecule has 0 fully saturated rings. The molecule has 0 aromatic heterocycles. The number of nitrogens with one attached hydrogen (secondary N) is 2. The van der Waals surface area contributed by atoms with Gasteiger partial charge in [0.15, 0.2) is 0 Å². The van der Waals surface area contributed by atoms with Gasteiger partial charge in [-0.25, -0.2) is 8.42 Å². The highest BCUT2D eigenvalue weighted by Gasteiger charge is 2.16. The summed E-state index contributed by atoms with van der Waals surface area (Å²) < 4.78 is 27.7. The van der Waals surface area contributed by atoms with E-state index in [1.54, 1.807) is 30.3 Å². The van der Waals surface area contributed by atoms with Crippen molar-refractivity contribution in [2.45, 2.75) is 31.1 Å². The maximum Gasteiger partial charge on any atom is 0.261 e. The molecule has 0 radical (unpaired) electrons. The number of anilines is 1. The molecule has 2 aromatic carbocycles. The second kappa shape index (κ2) is 9.20. The van der Waals surface area contributed by atoms with Gasteiger partial charge >= 0.3 is 0 Å². The van der Waals surface area contributed by atoms with Crippen molar-refractivity contribution in [2.75, 3.05) is 11.3 Å². The van der Waals surface area contributed by atoms with Crippen molar-refractivity contribution in [3.63, 3.8) is 0 Å². The van der Waals surface area contributed by atoms with Gasteiger partial charge in [0.25, 0.3) is 15.9 Å². The number of carbonyl (C=O) groups is 1. The van der Waals surface area contributed by atoms with Crippen molar-refractivity contribution >= 4 is 21.6 Å². The lowest BCUT2D eigenvalue weighted by Crippen LogP contribution is -2.23. The Morgan fingerprint density at radius 2 is 1.88 bits per heavy atom. The van der Waals surface area contributed by atoms with Gasteiger partial charge in [-0.15, -0.1) is 6.58 Å². The molecule has 0 bridgehead atoms.